The van der Waals surface area contributed by atoms with Crippen LogP contribution >= 0.6 is 0 Å². The molecule has 0 bridgehead atoms. The van der Waals surface area contributed by atoms with Gasteiger partial charge in [-0.05, 0) is 31.4 Å². The van der Waals surface area contributed by atoms with E-state index in [4.69, 9.17) is 4.74 Å². The maximum Gasteiger partial charge on any atom is 0.253 e. The number of likely N-dealkylation sites (N-methyl/N-ethyl adjacent to an activating group) is 1. The van der Waals surface area contributed by atoms with Gasteiger partial charge in [0.15, 0.2) is 5.60 Å². The number of carbonyl (C=O) groups excluding carboxylic acids is 1. The van der Waals surface area contributed by atoms with Crippen molar-refractivity contribution in [3.05, 3.63) is 29.8 Å². The van der Waals surface area contributed by atoms with Crippen molar-refractivity contribution in [1.82, 2.24) is 10.2 Å². The Morgan fingerprint density at radius 2 is 2.00 bits per heavy atom. The van der Waals surface area contributed by atoms with Gasteiger partial charge < -0.3 is 15.0 Å². The minimum atomic E-state index is -0.754. The Kier molecular flexibility index (Phi) is 4.87. The molecule has 0 spiro atoms. The zero-order valence-corrected chi connectivity index (χ0v) is 14.2. The Balaban J connectivity index is 1.73. The second-order valence-corrected chi connectivity index (χ2v) is 6.69. The molecule has 1 aromatic rings. The number of carbonyl (C=O) groups is 1. The summed E-state index contributed by atoms with van der Waals surface area (Å²) in [5, 5.41) is 2.72. The quantitative estimate of drug-likeness (QED) is 0.917. The number of para-hydroxylation sites is 1. The predicted molar refractivity (Wildman–Crippen MR) is 91.6 cm³/mol. The zero-order chi connectivity index (χ0) is 16.3. The van der Waals surface area contributed by atoms with Crippen molar-refractivity contribution in [2.75, 3.05) is 44.7 Å². The molecule has 5 nitrogen and oxygen atoms in total. The van der Waals surface area contributed by atoms with Crippen LogP contribution in [-0.4, -0.2) is 56.2 Å². The van der Waals surface area contributed by atoms with E-state index in [2.05, 4.69) is 39.4 Å². The lowest BCUT2D eigenvalue weighted by molar-refractivity contribution is -0.156. The van der Waals surface area contributed by atoms with Crippen molar-refractivity contribution in [2.45, 2.75) is 31.9 Å². The van der Waals surface area contributed by atoms with Crippen LogP contribution in [0.2, 0.25) is 0 Å². The lowest BCUT2D eigenvalue weighted by atomic mass is 10.0. The lowest BCUT2D eigenvalue weighted by Gasteiger charge is -2.39. The number of hydrogen-bond acceptors (Lipinski definition) is 4. The van der Waals surface area contributed by atoms with Gasteiger partial charge in [0.05, 0.1) is 6.61 Å². The molecule has 3 rings (SSSR count). The molecule has 2 aliphatic heterocycles. The minimum Gasteiger partial charge on any atom is -0.371 e. The molecule has 1 N–H and O–H groups in total. The van der Waals surface area contributed by atoms with Crippen molar-refractivity contribution >= 4 is 11.6 Å². The van der Waals surface area contributed by atoms with Crippen LogP contribution in [0.15, 0.2) is 24.3 Å². The number of hydrogen-bond donors (Lipinski definition) is 1. The van der Waals surface area contributed by atoms with E-state index >= 15 is 0 Å². The Hall–Kier alpha value is -1.59. The van der Waals surface area contributed by atoms with E-state index in [-0.39, 0.29) is 5.91 Å². The Bertz CT molecular complexity index is 557. The first-order chi connectivity index (χ1) is 11.1. The molecule has 0 aliphatic carbocycles. The first kappa shape index (κ1) is 16.3. The second-order valence-electron chi connectivity index (χ2n) is 6.69. The highest BCUT2D eigenvalue weighted by Gasteiger charge is 2.38. The molecule has 0 unspecified atom stereocenters. The number of benzene rings is 1. The van der Waals surface area contributed by atoms with E-state index < -0.39 is 5.60 Å². The normalized spacial score (nSPS) is 25.6. The molecule has 2 aliphatic rings. The maximum atomic E-state index is 12.1. The van der Waals surface area contributed by atoms with Gasteiger partial charge in [-0.15, -0.1) is 0 Å². The fourth-order valence-electron chi connectivity index (χ4n) is 3.64. The van der Waals surface area contributed by atoms with E-state index in [1.165, 1.54) is 24.1 Å². The van der Waals surface area contributed by atoms with E-state index in [1.54, 1.807) is 7.05 Å². The summed E-state index contributed by atoms with van der Waals surface area (Å²) in [4.78, 5) is 16.9. The van der Waals surface area contributed by atoms with Crippen LogP contribution in [-0.2, 0) is 16.1 Å². The zero-order valence-electron chi connectivity index (χ0n) is 14.2. The molecule has 0 radical (unpaired) electrons. The van der Waals surface area contributed by atoms with Gasteiger partial charge in [0, 0.05) is 45.5 Å². The van der Waals surface area contributed by atoms with Gasteiger partial charge >= 0.3 is 0 Å². The topological polar surface area (TPSA) is 44.8 Å². The van der Waals surface area contributed by atoms with Gasteiger partial charge in [-0.25, -0.2) is 0 Å². The summed E-state index contributed by atoms with van der Waals surface area (Å²) in [6, 6.07) is 8.65. The summed E-state index contributed by atoms with van der Waals surface area (Å²) < 4.78 is 5.75. The van der Waals surface area contributed by atoms with Gasteiger partial charge in [0.1, 0.15) is 0 Å². The van der Waals surface area contributed by atoms with Gasteiger partial charge in [-0.2, -0.15) is 0 Å². The van der Waals surface area contributed by atoms with Crippen molar-refractivity contribution in [3.63, 3.8) is 0 Å². The number of nitrogens with zero attached hydrogens (tertiary/aromatic N) is 2. The Morgan fingerprint density at radius 1 is 1.26 bits per heavy atom. The molecule has 23 heavy (non-hydrogen) atoms. The molecular weight excluding hydrogens is 290 g/mol. The fraction of sp³-hybridized carbons (Fsp3) is 0.611. The van der Waals surface area contributed by atoms with E-state index in [9.17, 15) is 4.79 Å². The SMILES string of the molecule is CNC(=O)[C@@]1(C)CN(Cc2ccccc2N2CCCC2)CCO1. The van der Waals surface area contributed by atoms with Crippen LogP contribution in [0.4, 0.5) is 5.69 Å². The standard InChI is InChI=1S/C18H27N3O2/c1-18(17(22)19-2)14-20(11-12-23-18)13-15-7-3-4-8-16(15)21-9-5-6-10-21/h3-4,7-8H,5-6,9-14H2,1-2H3,(H,19,22)/t18-/m1/s1. The first-order valence-corrected chi connectivity index (χ1v) is 8.54. The molecule has 1 atom stereocenters. The summed E-state index contributed by atoms with van der Waals surface area (Å²) >= 11 is 0. The molecule has 5 heteroatoms. The highest BCUT2D eigenvalue weighted by Crippen LogP contribution is 2.27. The number of rotatable bonds is 4. The first-order valence-electron chi connectivity index (χ1n) is 8.54. The van der Waals surface area contributed by atoms with Crippen molar-refractivity contribution in [3.8, 4) is 0 Å². The number of amides is 1. The molecule has 1 aromatic carbocycles. The third-order valence-electron chi connectivity index (χ3n) is 4.89. The molecule has 2 saturated heterocycles. The lowest BCUT2D eigenvalue weighted by Crippen LogP contribution is -2.57. The molecule has 2 fully saturated rings. The Morgan fingerprint density at radius 3 is 2.74 bits per heavy atom. The number of ether oxygens (including phenoxy) is 1. The van der Waals surface area contributed by atoms with E-state index in [0.29, 0.717) is 13.2 Å². The Labute approximate surface area is 138 Å². The van der Waals surface area contributed by atoms with Gasteiger partial charge in [-0.1, -0.05) is 18.2 Å². The van der Waals surface area contributed by atoms with Gasteiger partial charge in [0.25, 0.3) is 5.91 Å². The van der Waals surface area contributed by atoms with Gasteiger partial charge in [-0.3, -0.25) is 9.69 Å². The van der Waals surface area contributed by atoms with Crippen LogP contribution in [0, 0.1) is 0 Å². The van der Waals surface area contributed by atoms with Crippen molar-refractivity contribution in [1.29, 1.82) is 0 Å². The van der Waals surface area contributed by atoms with E-state index in [1.807, 2.05) is 6.92 Å². The van der Waals surface area contributed by atoms with Gasteiger partial charge in [0.2, 0.25) is 0 Å². The second kappa shape index (κ2) is 6.89. The number of anilines is 1. The fourth-order valence-corrected chi connectivity index (χ4v) is 3.64. The summed E-state index contributed by atoms with van der Waals surface area (Å²) in [7, 11) is 1.67. The highest BCUT2D eigenvalue weighted by atomic mass is 16.5. The van der Waals surface area contributed by atoms with Crippen LogP contribution in [0.1, 0.15) is 25.3 Å². The highest BCUT2D eigenvalue weighted by molar-refractivity contribution is 5.84. The average Bonchev–Trinajstić information content (AvgIpc) is 3.09. The third-order valence-corrected chi connectivity index (χ3v) is 4.89. The molecule has 126 valence electrons. The van der Waals surface area contributed by atoms with Crippen LogP contribution in [0.5, 0.6) is 0 Å². The molecule has 0 saturated carbocycles. The summed E-state index contributed by atoms with van der Waals surface area (Å²) in [5.41, 5.74) is 1.93. The largest absolute Gasteiger partial charge is 0.371 e. The summed E-state index contributed by atoms with van der Waals surface area (Å²) in [5.74, 6) is -0.0463. The number of nitrogens with one attached hydrogen (secondary N) is 1. The van der Waals surface area contributed by atoms with Crippen molar-refractivity contribution in [2.24, 2.45) is 0 Å². The molecular formula is C18H27N3O2. The van der Waals surface area contributed by atoms with E-state index in [0.717, 1.165) is 26.2 Å². The number of morpholine rings is 1. The minimum absolute atomic E-state index is 0.0463. The smallest absolute Gasteiger partial charge is 0.253 e. The molecule has 2 heterocycles. The van der Waals surface area contributed by atoms with Crippen LogP contribution in [0.3, 0.4) is 0 Å². The van der Waals surface area contributed by atoms with Crippen LogP contribution < -0.4 is 10.2 Å². The van der Waals surface area contributed by atoms with Crippen LogP contribution in [0.25, 0.3) is 0 Å². The molecule has 0 aromatic heterocycles. The molecule has 1 amide bonds. The summed E-state index contributed by atoms with van der Waals surface area (Å²) in [6.45, 7) is 7.12. The average molecular weight is 317 g/mol. The maximum absolute atomic E-state index is 12.1. The third kappa shape index (κ3) is 3.51. The summed E-state index contributed by atoms with van der Waals surface area (Å²) in [6.07, 6.45) is 2.56. The predicted octanol–water partition coefficient (Wildman–Crippen LogP) is 1.62. The monoisotopic (exact) mass is 317 g/mol. The van der Waals surface area contributed by atoms with Crippen molar-refractivity contribution < 1.29 is 9.53 Å².